The van der Waals surface area contributed by atoms with E-state index in [2.05, 4.69) is 5.32 Å². The number of hydrogen-bond acceptors (Lipinski definition) is 6. The molecule has 0 spiro atoms. The number of nitro benzene ring substituents is 1. The van der Waals surface area contributed by atoms with Crippen molar-refractivity contribution in [2.24, 2.45) is 0 Å². The van der Waals surface area contributed by atoms with Crippen LogP contribution in [0.25, 0.3) is 0 Å². The first-order valence-electron chi connectivity index (χ1n) is 8.24. The first-order valence-corrected chi connectivity index (χ1v) is 8.24. The molecule has 0 unspecified atom stereocenters. The molecule has 27 heavy (non-hydrogen) atoms. The molecule has 1 N–H and O–H groups in total. The standard InChI is InChI=1S/C19H22N2O6/c1-12-9-15(5-7-17(12)21(23)24)27-11-19(22)20-13(2)16-10-14(25-3)6-8-18(16)26-4/h5-10,13H,11H2,1-4H3,(H,20,22)/t13-/m1/s1. The zero-order valence-corrected chi connectivity index (χ0v) is 15.6. The molecular formula is C19H22N2O6. The van der Waals surface area contributed by atoms with Crippen molar-refractivity contribution in [1.29, 1.82) is 0 Å². The molecule has 0 radical (unpaired) electrons. The van der Waals surface area contributed by atoms with Gasteiger partial charge in [0.1, 0.15) is 17.2 Å². The van der Waals surface area contributed by atoms with Gasteiger partial charge in [-0.3, -0.25) is 14.9 Å². The van der Waals surface area contributed by atoms with Crippen molar-refractivity contribution >= 4 is 11.6 Å². The van der Waals surface area contributed by atoms with Crippen LogP contribution >= 0.6 is 0 Å². The summed E-state index contributed by atoms with van der Waals surface area (Å²) in [4.78, 5) is 22.6. The fourth-order valence-corrected chi connectivity index (χ4v) is 2.61. The number of rotatable bonds is 8. The smallest absolute Gasteiger partial charge is 0.272 e. The Kier molecular flexibility index (Phi) is 6.59. The molecule has 0 heterocycles. The molecule has 0 fully saturated rings. The molecule has 0 bridgehead atoms. The van der Waals surface area contributed by atoms with E-state index in [0.717, 1.165) is 5.56 Å². The van der Waals surface area contributed by atoms with Gasteiger partial charge in [0.2, 0.25) is 0 Å². The zero-order valence-electron chi connectivity index (χ0n) is 15.6. The maximum atomic E-state index is 12.2. The predicted octanol–water partition coefficient (Wildman–Crippen LogP) is 3.18. The van der Waals surface area contributed by atoms with Gasteiger partial charge in [0.15, 0.2) is 6.61 Å². The van der Waals surface area contributed by atoms with Gasteiger partial charge in [0, 0.05) is 17.2 Å². The second-order valence-electron chi connectivity index (χ2n) is 5.89. The summed E-state index contributed by atoms with van der Waals surface area (Å²) in [6.07, 6.45) is 0. The van der Waals surface area contributed by atoms with E-state index in [1.807, 2.05) is 6.92 Å². The van der Waals surface area contributed by atoms with E-state index in [4.69, 9.17) is 14.2 Å². The van der Waals surface area contributed by atoms with Crippen LogP contribution < -0.4 is 19.5 Å². The molecule has 0 aliphatic carbocycles. The third-order valence-corrected chi connectivity index (χ3v) is 4.02. The molecule has 2 aromatic carbocycles. The molecule has 8 heteroatoms. The lowest BCUT2D eigenvalue weighted by atomic mass is 10.1. The van der Waals surface area contributed by atoms with Crippen molar-refractivity contribution in [2.45, 2.75) is 19.9 Å². The number of carbonyl (C=O) groups excluding carboxylic acids is 1. The highest BCUT2D eigenvalue weighted by Crippen LogP contribution is 2.29. The zero-order chi connectivity index (χ0) is 20.0. The third kappa shape index (κ3) is 5.10. The van der Waals surface area contributed by atoms with Crippen molar-refractivity contribution < 1.29 is 23.9 Å². The minimum Gasteiger partial charge on any atom is -0.497 e. The van der Waals surface area contributed by atoms with Crippen LogP contribution in [0.4, 0.5) is 5.69 Å². The van der Waals surface area contributed by atoms with E-state index in [-0.39, 0.29) is 24.2 Å². The number of hydrogen-bond donors (Lipinski definition) is 1. The first kappa shape index (κ1) is 20.0. The number of nitro groups is 1. The summed E-state index contributed by atoms with van der Waals surface area (Å²) in [5, 5.41) is 13.7. The number of methoxy groups -OCH3 is 2. The van der Waals surface area contributed by atoms with Crippen LogP contribution in [0, 0.1) is 17.0 Å². The topological polar surface area (TPSA) is 99.9 Å². The summed E-state index contributed by atoms with van der Waals surface area (Å²) in [5.74, 6) is 1.35. The highest BCUT2D eigenvalue weighted by molar-refractivity contribution is 5.78. The molecule has 0 saturated carbocycles. The average molecular weight is 374 g/mol. The van der Waals surface area contributed by atoms with Gasteiger partial charge in [-0.2, -0.15) is 0 Å². The summed E-state index contributed by atoms with van der Waals surface area (Å²) in [7, 11) is 3.12. The van der Waals surface area contributed by atoms with Crippen LogP contribution in [-0.2, 0) is 4.79 Å². The quantitative estimate of drug-likeness (QED) is 0.563. The van der Waals surface area contributed by atoms with Crippen molar-refractivity contribution in [2.75, 3.05) is 20.8 Å². The number of amides is 1. The second kappa shape index (κ2) is 8.88. The molecule has 0 saturated heterocycles. The van der Waals surface area contributed by atoms with E-state index in [9.17, 15) is 14.9 Å². The predicted molar refractivity (Wildman–Crippen MR) is 99.4 cm³/mol. The Hall–Kier alpha value is -3.29. The van der Waals surface area contributed by atoms with E-state index in [1.54, 1.807) is 39.3 Å². The number of nitrogens with one attached hydrogen (secondary N) is 1. The number of nitrogens with zero attached hydrogens (tertiary/aromatic N) is 1. The lowest BCUT2D eigenvalue weighted by Gasteiger charge is -2.18. The summed E-state index contributed by atoms with van der Waals surface area (Å²) < 4.78 is 16.0. The Morgan fingerprint density at radius 1 is 1.15 bits per heavy atom. The number of carbonyl (C=O) groups is 1. The molecule has 2 aromatic rings. The third-order valence-electron chi connectivity index (χ3n) is 4.02. The number of benzene rings is 2. The number of aryl methyl sites for hydroxylation is 1. The van der Waals surface area contributed by atoms with Gasteiger partial charge < -0.3 is 19.5 Å². The van der Waals surface area contributed by atoms with Crippen LogP contribution in [0.1, 0.15) is 24.1 Å². The Balaban J connectivity index is 1.99. The lowest BCUT2D eigenvalue weighted by Crippen LogP contribution is -2.31. The maximum absolute atomic E-state index is 12.2. The normalized spacial score (nSPS) is 11.4. The summed E-state index contributed by atoms with van der Waals surface area (Å²) >= 11 is 0. The first-order chi connectivity index (χ1) is 12.8. The summed E-state index contributed by atoms with van der Waals surface area (Å²) in [6, 6.07) is 9.36. The van der Waals surface area contributed by atoms with Crippen LogP contribution in [-0.4, -0.2) is 31.7 Å². The highest BCUT2D eigenvalue weighted by atomic mass is 16.6. The van der Waals surface area contributed by atoms with Gasteiger partial charge in [-0.05, 0) is 44.2 Å². The average Bonchev–Trinajstić information content (AvgIpc) is 2.65. The maximum Gasteiger partial charge on any atom is 0.272 e. The van der Waals surface area contributed by atoms with E-state index < -0.39 is 4.92 Å². The molecule has 144 valence electrons. The van der Waals surface area contributed by atoms with Gasteiger partial charge >= 0.3 is 0 Å². The van der Waals surface area contributed by atoms with Crippen LogP contribution in [0.5, 0.6) is 17.2 Å². The minimum atomic E-state index is -0.463. The molecule has 0 aromatic heterocycles. The fraction of sp³-hybridized carbons (Fsp3) is 0.316. The van der Waals surface area contributed by atoms with E-state index in [0.29, 0.717) is 22.8 Å². The van der Waals surface area contributed by atoms with Crippen molar-refractivity contribution in [3.05, 3.63) is 57.6 Å². The summed E-state index contributed by atoms with van der Waals surface area (Å²) in [5.41, 5.74) is 1.24. The fourth-order valence-electron chi connectivity index (χ4n) is 2.61. The summed E-state index contributed by atoms with van der Waals surface area (Å²) in [6.45, 7) is 3.22. The van der Waals surface area contributed by atoms with Crippen molar-refractivity contribution in [3.63, 3.8) is 0 Å². The second-order valence-corrected chi connectivity index (χ2v) is 5.89. The SMILES string of the molecule is COc1ccc(OC)c([C@@H](C)NC(=O)COc2ccc([N+](=O)[O-])c(C)c2)c1. The molecule has 8 nitrogen and oxygen atoms in total. The molecule has 0 aliphatic heterocycles. The highest BCUT2D eigenvalue weighted by Gasteiger charge is 2.16. The Morgan fingerprint density at radius 3 is 2.44 bits per heavy atom. The van der Waals surface area contributed by atoms with Gasteiger partial charge in [-0.25, -0.2) is 0 Å². The van der Waals surface area contributed by atoms with Crippen LogP contribution in [0.3, 0.4) is 0 Å². The van der Waals surface area contributed by atoms with E-state index >= 15 is 0 Å². The molecule has 1 atom stereocenters. The Labute approximate surface area is 157 Å². The number of ether oxygens (including phenoxy) is 3. The van der Waals surface area contributed by atoms with Gasteiger partial charge in [-0.15, -0.1) is 0 Å². The minimum absolute atomic E-state index is 0.00513. The molecule has 1 amide bonds. The Bertz CT molecular complexity index is 837. The van der Waals surface area contributed by atoms with Crippen molar-refractivity contribution in [1.82, 2.24) is 5.32 Å². The van der Waals surface area contributed by atoms with Gasteiger partial charge in [-0.1, -0.05) is 0 Å². The van der Waals surface area contributed by atoms with Gasteiger partial charge in [0.05, 0.1) is 25.2 Å². The van der Waals surface area contributed by atoms with Gasteiger partial charge in [0.25, 0.3) is 11.6 Å². The largest absolute Gasteiger partial charge is 0.497 e. The van der Waals surface area contributed by atoms with Crippen molar-refractivity contribution in [3.8, 4) is 17.2 Å². The molecular weight excluding hydrogens is 352 g/mol. The molecule has 2 rings (SSSR count). The Morgan fingerprint density at radius 2 is 1.85 bits per heavy atom. The monoisotopic (exact) mass is 374 g/mol. The lowest BCUT2D eigenvalue weighted by molar-refractivity contribution is -0.385. The molecule has 0 aliphatic rings. The van der Waals surface area contributed by atoms with E-state index in [1.165, 1.54) is 18.2 Å². The van der Waals surface area contributed by atoms with Crippen LogP contribution in [0.2, 0.25) is 0 Å². The van der Waals surface area contributed by atoms with Crippen LogP contribution in [0.15, 0.2) is 36.4 Å².